The number of likely N-dealkylation sites (N-methyl/N-ethyl adjacent to an activating group) is 1. The second-order valence-electron chi connectivity index (χ2n) is 5.48. The van der Waals surface area contributed by atoms with Crippen molar-refractivity contribution in [1.82, 2.24) is 15.5 Å². The van der Waals surface area contributed by atoms with Crippen molar-refractivity contribution in [2.24, 2.45) is 0 Å². The van der Waals surface area contributed by atoms with Crippen LogP contribution >= 0.6 is 23.8 Å². The highest BCUT2D eigenvalue weighted by molar-refractivity contribution is 7.80. The van der Waals surface area contributed by atoms with E-state index in [1.165, 1.54) is 21.9 Å². The Bertz CT molecular complexity index is 723. The van der Waals surface area contributed by atoms with Crippen LogP contribution in [0, 0.1) is 0 Å². The van der Waals surface area contributed by atoms with Crippen LogP contribution in [0.5, 0.6) is 0 Å². The first kappa shape index (κ1) is 18.2. The standard InChI is InChI=1S/C15H17ClN4O3S/c1-8-14(23)20(15(24)18-8)9-4-5-10(11(16)6-9)13(22)17-7-12(21)19(2)3/h4-6,8H,7H2,1-3H3,(H,17,22)(H,18,24). The predicted octanol–water partition coefficient (Wildman–Crippen LogP) is 0.768. The first-order chi connectivity index (χ1) is 11.2. The van der Waals surface area contributed by atoms with Gasteiger partial charge >= 0.3 is 0 Å². The Morgan fingerprint density at radius 3 is 2.58 bits per heavy atom. The Kier molecular flexibility index (Phi) is 5.40. The number of hydrogen-bond donors (Lipinski definition) is 2. The number of benzene rings is 1. The maximum Gasteiger partial charge on any atom is 0.255 e. The van der Waals surface area contributed by atoms with Gasteiger partial charge in [-0.05, 0) is 37.3 Å². The molecule has 3 amide bonds. The van der Waals surface area contributed by atoms with Gasteiger partial charge in [0.2, 0.25) is 5.91 Å². The molecule has 0 spiro atoms. The van der Waals surface area contributed by atoms with E-state index in [1.807, 2.05) is 0 Å². The van der Waals surface area contributed by atoms with Crippen LogP contribution < -0.4 is 15.5 Å². The minimum absolute atomic E-state index is 0.125. The average Bonchev–Trinajstić information content (AvgIpc) is 2.77. The SMILES string of the molecule is CC1NC(=S)N(c2ccc(C(=O)NCC(=O)N(C)C)c(Cl)c2)C1=O. The molecule has 0 saturated carbocycles. The van der Waals surface area contributed by atoms with Crippen molar-refractivity contribution in [3.8, 4) is 0 Å². The number of anilines is 1. The highest BCUT2D eigenvalue weighted by atomic mass is 35.5. The Hall–Kier alpha value is -2.19. The lowest BCUT2D eigenvalue weighted by atomic mass is 10.1. The van der Waals surface area contributed by atoms with Crippen LogP contribution in [-0.2, 0) is 9.59 Å². The lowest BCUT2D eigenvalue weighted by Gasteiger charge is -2.16. The number of halogens is 1. The van der Waals surface area contributed by atoms with Crippen molar-refractivity contribution in [2.75, 3.05) is 25.5 Å². The first-order valence-corrected chi connectivity index (χ1v) is 7.93. The molecule has 1 aliphatic rings. The van der Waals surface area contributed by atoms with Crippen LogP contribution in [0.25, 0.3) is 0 Å². The third kappa shape index (κ3) is 3.65. The van der Waals surface area contributed by atoms with Gasteiger partial charge in [-0.25, -0.2) is 0 Å². The van der Waals surface area contributed by atoms with Gasteiger partial charge in [-0.15, -0.1) is 0 Å². The number of carbonyl (C=O) groups excluding carboxylic acids is 3. The molecule has 0 bridgehead atoms. The largest absolute Gasteiger partial charge is 0.350 e. The second kappa shape index (κ2) is 7.14. The van der Waals surface area contributed by atoms with Crippen molar-refractivity contribution >= 4 is 52.3 Å². The molecule has 1 saturated heterocycles. The number of nitrogens with one attached hydrogen (secondary N) is 2. The summed E-state index contributed by atoms with van der Waals surface area (Å²) in [5.74, 6) is -0.891. The first-order valence-electron chi connectivity index (χ1n) is 7.14. The molecule has 1 fully saturated rings. The predicted molar refractivity (Wildman–Crippen MR) is 95.2 cm³/mol. The summed E-state index contributed by atoms with van der Waals surface area (Å²) in [4.78, 5) is 38.4. The molecule has 24 heavy (non-hydrogen) atoms. The van der Waals surface area contributed by atoms with E-state index in [0.717, 1.165) is 0 Å². The van der Waals surface area contributed by atoms with E-state index in [0.29, 0.717) is 5.69 Å². The van der Waals surface area contributed by atoms with Crippen molar-refractivity contribution in [3.63, 3.8) is 0 Å². The zero-order chi connectivity index (χ0) is 18.0. The molecule has 7 nitrogen and oxygen atoms in total. The number of amides is 3. The molecule has 0 radical (unpaired) electrons. The lowest BCUT2D eigenvalue weighted by Crippen LogP contribution is -2.36. The van der Waals surface area contributed by atoms with E-state index < -0.39 is 11.9 Å². The van der Waals surface area contributed by atoms with Gasteiger partial charge in [-0.2, -0.15) is 0 Å². The van der Waals surface area contributed by atoms with Crippen LogP contribution in [0.15, 0.2) is 18.2 Å². The minimum Gasteiger partial charge on any atom is -0.350 e. The van der Waals surface area contributed by atoms with Gasteiger partial charge in [0.25, 0.3) is 11.8 Å². The van der Waals surface area contributed by atoms with Gasteiger partial charge in [-0.3, -0.25) is 19.3 Å². The Morgan fingerprint density at radius 1 is 1.42 bits per heavy atom. The topological polar surface area (TPSA) is 81.8 Å². The average molecular weight is 369 g/mol. The van der Waals surface area contributed by atoms with Crippen LogP contribution in [0.4, 0.5) is 5.69 Å². The number of hydrogen-bond acceptors (Lipinski definition) is 4. The van der Waals surface area contributed by atoms with Crippen molar-refractivity contribution in [1.29, 1.82) is 0 Å². The fraction of sp³-hybridized carbons (Fsp3) is 0.333. The Morgan fingerprint density at radius 2 is 2.08 bits per heavy atom. The summed E-state index contributed by atoms with van der Waals surface area (Å²) in [6.45, 7) is 1.58. The number of rotatable bonds is 4. The molecular formula is C15H17ClN4O3S. The molecule has 0 aromatic heterocycles. The second-order valence-corrected chi connectivity index (χ2v) is 6.27. The van der Waals surface area contributed by atoms with Gasteiger partial charge in [-0.1, -0.05) is 11.6 Å². The van der Waals surface area contributed by atoms with Crippen LogP contribution in [0.3, 0.4) is 0 Å². The summed E-state index contributed by atoms with van der Waals surface area (Å²) in [6, 6.07) is 4.16. The van der Waals surface area contributed by atoms with E-state index in [9.17, 15) is 14.4 Å². The maximum absolute atomic E-state index is 12.1. The molecule has 1 aliphatic heterocycles. The van der Waals surface area contributed by atoms with E-state index >= 15 is 0 Å². The molecule has 9 heteroatoms. The van der Waals surface area contributed by atoms with Gasteiger partial charge in [0.05, 0.1) is 22.8 Å². The summed E-state index contributed by atoms with van der Waals surface area (Å²) >= 11 is 11.3. The van der Waals surface area contributed by atoms with Crippen molar-refractivity contribution < 1.29 is 14.4 Å². The van der Waals surface area contributed by atoms with Crippen LogP contribution in [-0.4, -0.2) is 54.4 Å². The highest BCUT2D eigenvalue weighted by Gasteiger charge is 2.33. The molecule has 1 unspecified atom stereocenters. The molecule has 2 N–H and O–H groups in total. The van der Waals surface area contributed by atoms with E-state index in [4.69, 9.17) is 23.8 Å². The van der Waals surface area contributed by atoms with Gasteiger partial charge in [0.15, 0.2) is 5.11 Å². The summed E-state index contributed by atoms with van der Waals surface area (Å²) in [6.07, 6.45) is 0. The van der Waals surface area contributed by atoms with Crippen molar-refractivity contribution in [2.45, 2.75) is 13.0 Å². The lowest BCUT2D eigenvalue weighted by molar-refractivity contribution is -0.127. The summed E-state index contributed by atoms with van der Waals surface area (Å²) < 4.78 is 0. The molecular weight excluding hydrogens is 352 g/mol. The Labute approximate surface area is 149 Å². The smallest absolute Gasteiger partial charge is 0.255 e. The summed E-state index contributed by atoms with van der Waals surface area (Å²) in [7, 11) is 3.20. The summed E-state index contributed by atoms with van der Waals surface area (Å²) in [5, 5.41) is 5.81. The monoisotopic (exact) mass is 368 g/mol. The van der Waals surface area contributed by atoms with Gasteiger partial charge in [0, 0.05) is 14.1 Å². The normalized spacial score (nSPS) is 16.8. The number of thiocarbonyl (C=S) groups is 1. The van der Waals surface area contributed by atoms with Crippen LogP contribution in [0.2, 0.25) is 5.02 Å². The van der Waals surface area contributed by atoms with Gasteiger partial charge in [0.1, 0.15) is 6.04 Å². The maximum atomic E-state index is 12.1. The molecule has 2 rings (SSSR count). The quantitative estimate of drug-likeness (QED) is 0.767. The zero-order valence-electron chi connectivity index (χ0n) is 13.4. The molecule has 1 heterocycles. The van der Waals surface area contributed by atoms with Gasteiger partial charge < -0.3 is 15.5 Å². The Balaban J connectivity index is 2.15. The minimum atomic E-state index is -0.469. The third-order valence-electron chi connectivity index (χ3n) is 3.49. The molecule has 0 aliphatic carbocycles. The molecule has 1 aromatic carbocycles. The number of nitrogens with zero attached hydrogens (tertiary/aromatic N) is 2. The fourth-order valence-electron chi connectivity index (χ4n) is 2.09. The number of carbonyl (C=O) groups is 3. The fourth-order valence-corrected chi connectivity index (χ4v) is 2.72. The van der Waals surface area contributed by atoms with E-state index in [1.54, 1.807) is 27.1 Å². The molecule has 1 aromatic rings. The molecule has 1 atom stereocenters. The van der Waals surface area contributed by atoms with Crippen LogP contribution in [0.1, 0.15) is 17.3 Å². The summed E-state index contributed by atoms with van der Waals surface area (Å²) in [5.41, 5.74) is 0.693. The molecule has 128 valence electrons. The van der Waals surface area contributed by atoms with E-state index in [2.05, 4.69) is 10.6 Å². The highest BCUT2D eigenvalue weighted by Crippen LogP contribution is 2.26. The zero-order valence-corrected chi connectivity index (χ0v) is 15.0. The third-order valence-corrected chi connectivity index (χ3v) is 4.10. The van der Waals surface area contributed by atoms with E-state index in [-0.39, 0.29) is 34.1 Å². The van der Waals surface area contributed by atoms with Crippen molar-refractivity contribution in [3.05, 3.63) is 28.8 Å².